The number of esters is 1. The van der Waals surface area contributed by atoms with E-state index in [1.807, 2.05) is 0 Å². The fourth-order valence-electron chi connectivity index (χ4n) is 2.13. The van der Waals surface area contributed by atoms with Crippen LogP contribution in [0.2, 0.25) is 0 Å². The van der Waals surface area contributed by atoms with E-state index in [4.69, 9.17) is 4.74 Å². The summed E-state index contributed by atoms with van der Waals surface area (Å²) in [7, 11) is 0. The molecule has 1 unspecified atom stereocenters. The van der Waals surface area contributed by atoms with Crippen LogP contribution in [-0.2, 0) is 9.53 Å². The number of nitro benzene ring substituents is 1. The van der Waals surface area contributed by atoms with Crippen molar-refractivity contribution in [2.45, 2.75) is 19.3 Å². The van der Waals surface area contributed by atoms with Gasteiger partial charge in [-0.05, 0) is 49.0 Å². The number of benzene rings is 1. The standard InChI is InChI=1S/C16H17NO4/c18-16(21-12-14-4-2-1-3-5-14)11-8-13-6-9-15(10-7-13)17(19)20/h1-2,6-11,14H,3-5,12H2/b11-8+. The molecule has 5 heteroatoms. The molecule has 0 spiro atoms. The van der Waals surface area contributed by atoms with Crippen molar-refractivity contribution in [3.05, 3.63) is 58.2 Å². The van der Waals surface area contributed by atoms with E-state index >= 15 is 0 Å². The van der Waals surface area contributed by atoms with E-state index in [-0.39, 0.29) is 11.7 Å². The third-order valence-corrected chi connectivity index (χ3v) is 3.35. The van der Waals surface area contributed by atoms with Crippen LogP contribution in [0, 0.1) is 16.0 Å². The van der Waals surface area contributed by atoms with Gasteiger partial charge in [-0.15, -0.1) is 0 Å². The van der Waals surface area contributed by atoms with Crippen molar-refractivity contribution < 1.29 is 14.5 Å². The van der Waals surface area contributed by atoms with Crippen molar-refractivity contribution in [2.75, 3.05) is 6.61 Å². The molecule has 0 heterocycles. The second kappa shape index (κ2) is 7.38. The molecule has 5 nitrogen and oxygen atoms in total. The van der Waals surface area contributed by atoms with Crippen LogP contribution < -0.4 is 0 Å². The van der Waals surface area contributed by atoms with Crippen molar-refractivity contribution in [3.8, 4) is 0 Å². The molecule has 0 saturated carbocycles. The predicted octanol–water partition coefficient (Wildman–Crippen LogP) is 3.51. The van der Waals surface area contributed by atoms with Crippen LogP contribution in [0.5, 0.6) is 0 Å². The van der Waals surface area contributed by atoms with Gasteiger partial charge in [0.25, 0.3) is 5.69 Å². The Bertz CT molecular complexity index is 560. The quantitative estimate of drug-likeness (QED) is 0.273. The highest BCUT2D eigenvalue weighted by molar-refractivity contribution is 5.87. The summed E-state index contributed by atoms with van der Waals surface area (Å²) in [6.07, 6.45) is 10.3. The second-order valence-electron chi connectivity index (χ2n) is 4.96. The van der Waals surface area contributed by atoms with Gasteiger partial charge in [0, 0.05) is 18.2 Å². The predicted molar refractivity (Wildman–Crippen MR) is 79.6 cm³/mol. The SMILES string of the molecule is O=C(/C=C/c1ccc([N+](=O)[O-])cc1)OCC1CC=CCC1. The van der Waals surface area contributed by atoms with E-state index in [0.717, 1.165) is 24.8 Å². The van der Waals surface area contributed by atoms with Gasteiger partial charge in [0.15, 0.2) is 0 Å². The number of carbonyl (C=O) groups excluding carboxylic acids is 1. The van der Waals surface area contributed by atoms with Crippen molar-refractivity contribution in [3.63, 3.8) is 0 Å². The van der Waals surface area contributed by atoms with E-state index in [9.17, 15) is 14.9 Å². The van der Waals surface area contributed by atoms with E-state index in [0.29, 0.717) is 12.5 Å². The summed E-state index contributed by atoms with van der Waals surface area (Å²) in [4.78, 5) is 21.7. The molecule has 0 bridgehead atoms. The molecule has 1 atom stereocenters. The maximum absolute atomic E-state index is 11.6. The van der Waals surface area contributed by atoms with Crippen LogP contribution in [0.1, 0.15) is 24.8 Å². The minimum atomic E-state index is -0.458. The van der Waals surface area contributed by atoms with Crippen molar-refractivity contribution in [2.24, 2.45) is 5.92 Å². The number of carbonyl (C=O) groups is 1. The molecule has 1 aromatic rings. The fourth-order valence-corrected chi connectivity index (χ4v) is 2.13. The van der Waals surface area contributed by atoms with Gasteiger partial charge in [-0.1, -0.05) is 12.2 Å². The highest BCUT2D eigenvalue weighted by Gasteiger charge is 2.11. The summed E-state index contributed by atoms with van der Waals surface area (Å²) in [5, 5.41) is 10.5. The molecule has 0 aromatic heterocycles. The maximum Gasteiger partial charge on any atom is 0.330 e. The maximum atomic E-state index is 11.6. The summed E-state index contributed by atoms with van der Waals surface area (Å²) in [5.41, 5.74) is 0.748. The topological polar surface area (TPSA) is 69.4 Å². The molecule has 0 saturated heterocycles. The molecule has 1 aromatic carbocycles. The fraction of sp³-hybridized carbons (Fsp3) is 0.312. The molecule has 21 heavy (non-hydrogen) atoms. The minimum Gasteiger partial charge on any atom is -0.462 e. The smallest absolute Gasteiger partial charge is 0.330 e. The molecule has 2 rings (SSSR count). The van der Waals surface area contributed by atoms with E-state index in [2.05, 4.69) is 12.2 Å². The first-order chi connectivity index (χ1) is 10.1. The first-order valence-electron chi connectivity index (χ1n) is 6.89. The lowest BCUT2D eigenvalue weighted by molar-refractivity contribution is -0.384. The van der Waals surface area contributed by atoms with Crippen LogP contribution in [0.4, 0.5) is 5.69 Å². The first kappa shape index (κ1) is 15.0. The third-order valence-electron chi connectivity index (χ3n) is 3.35. The molecule has 0 fully saturated rings. The summed E-state index contributed by atoms with van der Waals surface area (Å²) in [6.45, 7) is 0.438. The Kier molecular flexibility index (Phi) is 5.26. The molecular formula is C16H17NO4. The number of ether oxygens (including phenoxy) is 1. The van der Waals surface area contributed by atoms with Crippen LogP contribution in [0.15, 0.2) is 42.5 Å². The molecule has 0 amide bonds. The van der Waals surface area contributed by atoms with E-state index < -0.39 is 4.92 Å². The summed E-state index contributed by atoms with van der Waals surface area (Å²) < 4.78 is 5.20. The molecular weight excluding hydrogens is 270 g/mol. The highest BCUT2D eigenvalue weighted by atomic mass is 16.6. The lowest BCUT2D eigenvalue weighted by atomic mass is 9.95. The Hall–Kier alpha value is -2.43. The summed E-state index contributed by atoms with van der Waals surface area (Å²) >= 11 is 0. The summed E-state index contributed by atoms with van der Waals surface area (Å²) in [5.74, 6) is 0.0228. The first-order valence-corrected chi connectivity index (χ1v) is 6.89. The average Bonchev–Trinajstić information content (AvgIpc) is 2.52. The van der Waals surface area contributed by atoms with Crippen LogP contribution in [0.25, 0.3) is 6.08 Å². The Morgan fingerprint density at radius 3 is 2.71 bits per heavy atom. The Morgan fingerprint density at radius 1 is 1.33 bits per heavy atom. The lowest BCUT2D eigenvalue weighted by Gasteiger charge is -2.16. The van der Waals surface area contributed by atoms with Gasteiger partial charge < -0.3 is 4.74 Å². The van der Waals surface area contributed by atoms with E-state index in [1.54, 1.807) is 18.2 Å². The Morgan fingerprint density at radius 2 is 2.10 bits per heavy atom. The molecule has 0 aliphatic heterocycles. The molecule has 0 radical (unpaired) electrons. The van der Waals surface area contributed by atoms with Crippen molar-refractivity contribution in [1.82, 2.24) is 0 Å². The zero-order valence-electron chi connectivity index (χ0n) is 11.6. The highest BCUT2D eigenvalue weighted by Crippen LogP contribution is 2.18. The zero-order chi connectivity index (χ0) is 15.1. The molecule has 1 aliphatic rings. The lowest BCUT2D eigenvalue weighted by Crippen LogP contribution is -2.13. The number of hydrogen-bond acceptors (Lipinski definition) is 4. The monoisotopic (exact) mass is 287 g/mol. The van der Waals surface area contributed by atoms with Gasteiger partial charge in [0.05, 0.1) is 11.5 Å². The third kappa shape index (κ3) is 4.87. The Labute approximate surface area is 123 Å². The van der Waals surface area contributed by atoms with Crippen molar-refractivity contribution in [1.29, 1.82) is 0 Å². The second-order valence-corrected chi connectivity index (χ2v) is 4.96. The molecule has 1 aliphatic carbocycles. The number of non-ortho nitro benzene ring substituents is 1. The van der Waals surface area contributed by atoms with Gasteiger partial charge in [0.1, 0.15) is 0 Å². The number of hydrogen-bond donors (Lipinski definition) is 0. The normalized spacial score (nSPS) is 17.8. The van der Waals surface area contributed by atoms with Gasteiger partial charge in [-0.25, -0.2) is 4.79 Å². The number of nitro groups is 1. The van der Waals surface area contributed by atoms with E-state index in [1.165, 1.54) is 18.2 Å². The number of rotatable bonds is 5. The van der Waals surface area contributed by atoms with Gasteiger partial charge in [-0.2, -0.15) is 0 Å². The molecule has 110 valence electrons. The largest absolute Gasteiger partial charge is 0.462 e. The minimum absolute atomic E-state index is 0.0279. The van der Waals surface area contributed by atoms with Gasteiger partial charge in [0.2, 0.25) is 0 Å². The Balaban J connectivity index is 1.81. The number of nitrogens with zero attached hydrogens (tertiary/aromatic N) is 1. The number of allylic oxidation sites excluding steroid dienone is 2. The van der Waals surface area contributed by atoms with Gasteiger partial charge >= 0.3 is 5.97 Å². The zero-order valence-corrected chi connectivity index (χ0v) is 11.6. The molecule has 0 N–H and O–H groups in total. The average molecular weight is 287 g/mol. The van der Waals surface area contributed by atoms with Crippen molar-refractivity contribution >= 4 is 17.7 Å². The van der Waals surface area contributed by atoms with Crippen LogP contribution in [0.3, 0.4) is 0 Å². The summed E-state index contributed by atoms with van der Waals surface area (Å²) in [6, 6.07) is 5.99. The van der Waals surface area contributed by atoms with Gasteiger partial charge in [-0.3, -0.25) is 10.1 Å². The van der Waals surface area contributed by atoms with Crippen LogP contribution >= 0.6 is 0 Å². The van der Waals surface area contributed by atoms with Crippen LogP contribution in [-0.4, -0.2) is 17.5 Å².